The second-order valence-corrected chi connectivity index (χ2v) is 8.49. The number of rotatable bonds is 8. The minimum absolute atomic E-state index is 0.197. The van der Waals surface area contributed by atoms with E-state index in [-0.39, 0.29) is 17.9 Å². The van der Waals surface area contributed by atoms with E-state index in [4.69, 9.17) is 0 Å². The Balaban J connectivity index is 1.86. The highest BCUT2D eigenvalue weighted by Crippen LogP contribution is 2.28. The summed E-state index contributed by atoms with van der Waals surface area (Å²) in [5, 5.41) is 0. The summed E-state index contributed by atoms with van der Waals surface area (Å²) in [6, 6.07) is 20.6. The molecule has 0 N–H and O–H groups in total. The SMILES string of the molecule is CC(C)CC(CN1CCCC1)N(C)C(=O)C(c1ccccc1)c1ccccc1. The monoisotopic (exact) mass is 378 g/mol. The number of benzene rings is 2. The van der Waals surface area contributed by atoms with Gasteiger partial charge in [0.15, 0.2) is 0 Å². The van der Waals surface area contributed by atoms with Crippen molar-refractivity contribution in [2.24, 2.45) is 5.92 Å². The van der Waals surface area contributed by atoms with Crippen LogP contribution < -0.4 is 0 Å². The van der Waals surface area contributed by atoms with Gasteiger partial charge in [0.2, 0.25) is 5.91 Å². The quantitative estimate of drug-likeness (QED) is 0.659. The van der Waals surface area contributed by atoms with E-state index in [2.05, 4.69) is 43.0 Å². The molecule has 3 rings (SSSR count). The summed E-state index contributed by atoms with van der Waals surface area (Å²) in [5.74, 6) is 0.512. The fourth-order valence-corrected chi connectivity index (χ4v) is 4.31. The summed E-state index contributed by atoms with van der Waals surface area (Å²) >= 11 is 0. The Morgan fingerprint density at radius 2 is 1.43 bits per heavy atom. The third-order valence-electron chi connectivity index (χ3n) is 5.82. The van der Waals surface area contributed by atoms with Crippen molar-refractivity contribution in [1.82, 2.24) is 9.80 Å². The van der Waals surface area contributed by atoms with Gasteiger partial charge in [0.1, 0.15) is 0 Å². The first-order valence-corrected chi connectivity index (χ1v) is 10.6. The zero-order valence-corrected chi connectivity index (χ0v) is 17.6. The zero-order valence-electron chi connectivity index (χ0n) is 17.6. The molecular weight excluding hydrogens is 344 g/mol. The number of likely N-dealkylation sites (tertiary alicyclic amines) is 1. The number of hydrogen-bond donors (Lipinski definition) is 0. The molecule has 1 unspecified atom stereocenters. The number of amides is 1. The van der Waals surface area contributed by atoms with Crippen molar-refractivity contribution in [2.75, 3.05) is 26.7 Å². The molecular formula is C25H34N2O. The van der Waals surface area contributed by atoms with Gasteiger partial charge >= 0.3 is 0 Å². The topological polar surface area (TPSA) is 23.6 Å². The lowest BCUT2D eigenvalue weighted by Gasteiger charge is -2.35. The van der Waals surface area contributed by atoms with Gasteiger partial charge in [-0.3, -0.25) is 4.79 Å². The van der Waals surface area contributed by atoms with E-state index in [0.717, 1.165) is 37.2 Å². The van der Waals surface area contributed by atoms with E-state index < -0.39 is 0 Å². The van der Waals surface area contributed by atoms with Crippen molar-refractivity contribution in [3.8, 4) is 0 Å². The predicted molar refractivity (Wildman–Crippen MR) is 116 cm³/mol. The Hall–Kier alpha value is -2.13. The number of nitrogens with zero attached hydrogens (tertiary/aromatic N) is 2. The number of likely N-dealkylation sites (N-methyl/N-ethyl adjacent to an activating group) is 1. The van der Waals surface area contributed by atoms with Gasteiger partial charge in [-0.1, -0.05) is 74.5 Å². The summed E-state index contributed by atoms with van der Waals surface area (Å²) in [4.78, 5) is 18.3. The maximum absolute atomic E-state index is 13.7. The molecule has 1 heterocycles. The molecule has 1 aliphatic heterocycles. The highest BCUT2D eigenvalue weighted by Gasteiger charge is 2.31. The second-order valence-electron chi connectivity index (χ2n) is 8.49. The van der Waals surface area contributed by atoms with Crippen LogP contribution in [0, 0.1) is 5.92 Å². The van der Waals surface area contributed by atoms with Crippen LogP contribution in [0.1, 0.15) is 50.2 Å². The van der Waals surface area contributed by atoms with Crippen molar-refractivity contribution in [1.29, 1.82) is 0 Å². The number of hydrogen-bond acceptors (Lipinski definition) is 2. The highest BCUT2D eigenvalue weighted by atomic mass is 16.2. The molecule has 1 atom stereocenters. The number of carbonyl (C=O) groups is 1. The average molecular weight is 379 g/mol. The summed E-state index contributed by atoms with van der Waals surface area (Å²) < 4.78 is 0. The number of carbonyl (C=O) groups excluding carboxylic acids is 1. The molecule has 0 saturated carbocycles. The van der Waals surface area contributed by atoms with E-state index in [0.29, 0.717) is 5.92 Å². The molecule has 2 aromatic carbocycles. The van der Waals surface area contributed by atoms with Gasteiger partial charge in [0.25, 0.3) is 0 Å². The van der Waals surface area contributed by atoms with Crippen LogP contribution in [0.4, 0.5) is 0 Å². The Kier molecular flexibility index (Phi) is 7.27. The summed E-state index contributed by atoms with van der Waals surface area (Å²) in [7, 11) is 2.00. The minimum atomic E-state index is -0.249. The molecule has 150 valence electrons. The molecule has 0 aliphatic carbocycles. The zero-order chi connectivity index (χ0) is 19.9. The van der Waals surface area contributed by atoms with E-state index in [9.17, 15) is 4.79 Å². The van der Waals surface area contributed by atoms with Gasteiger partial charge in [-0.25, -0.2) is 0 Å². The smallest absolute Gasteiger partial charge is 0.234 e. The van der Waals surface area contributed by atoms with E-state index in [1.165, 1.54) is 12.8 Å². The largest absolute Gasteiger partial charge is 0.341 e. The first-order valence-electron chi connectivity index (χ1n) is 10.6. The van der Waals surface area contributed by atoms with Crippen molar-refractivity contribution in [2.45, 2.75) is 45.1 Å². The highest BCUT2D eigenvalue weighted by molar-refractivity contribution is 5.87. The molecule has 1 aliphatic rings. The maximum atomic E-state index is 13.7. The first kappa shape index (κ1) is 20.6. The van der Waals surface area contributed by atoms with Gasteiger partial charge in [-0.05, 0) is 49.4 Å². The lowest BCUT2D eigenvalue weighted by Crippen LogP contribution is -2.46. The van der Waals surface area contributed by atoms with Crippen LogP contribution >= 0.6 is 0 Å². The summed E-state index contributed by atoms with van der Waals surface area (Å²) in [6.45, 7) is 7.81. The van der Waals surface area contributed by atoms with E-state index >= 15 is 0 Å². The van der Waals surface area contributed by atoms with Crippen molar-refractivity contribution >= 4 is 5.91 Å². The minimum Gasteiger partial charge on any atom is -0.341 e. The van der Waals surface area contributed by atoms with E-state index in [1.54, 1.807) is 0 Å². The summed E-state index contributed by atoms with van der Waals surface area (Å²) in [6.07, 6.45) is 3.60. The maximum Gasteiger partial charge on any atom is 0.234 e. The molecule has 28 heavy (non-hydrogen) atoms. The molecule has 1 saturated heterocycles. The molecule has 3 nitrogen and oxygen atoms in total. The molecule has 2 aromatic rings. The molecule has 1 amide bonds. The van der Waals surface area contributed by atoms with Crippen molar-refractivity contribution in [3.63, 3.8) is 0 Å². The van der Waals surface area contributed by atoms with Crippen LogP contribution in [0.15, 0.2) is 60.7 Å². The molecule has 0 radical (unpaired) electrons. The fourth-order valence-electron chi connectivity index (χ4n) is 4.31. The van der Waals surface area contributed by atoms with Crippen LogP contribution in [0.2, 0.25) is 0 Å². The Morgan fingerprint density at radius 1 is 0.929 bits per heavy atom. The van der Waals surface area contributed by atoms with Crippen LogP contribution in [0.5, 0.6) is 0 Å². The van der Waals surface area contributed by atoms with Gasteiger partial charge in [-0.2, -0.15) is 0 Å². The van der Waals surface area contributed by atoms with Gasteiger partial charge in [0.05, 0.1) is 5.92 Å². The third kappa shape index (κ3) is 5.23. The molecule has 1 fully saturated rings. The average Bonchev–Trinajstić information content (AvgIpc) is 3.21. The van der Waals surface area contributed by atoms with Crippen LogP contribution in [-0.2, 0) is 4.79 Å². The van der Waals surface area contributed by atoms with E-state index in [1.807, 2.05) is 48.3 Å². The molecule has 0 aromatic heterocycles. The Bertz CT molecular complexity index is 683. The van der Waals surface area contributed by atoms with Crippen molar-refractivity contribution in [3.05, 3.63) is 71.8 Å². The molecule has 3 heteroatoms. The lowest BCUT2D eigenvalue weighted by molar-refractivity contribution is -0.133. The fraction of sp³-hybridized carbons (Fsp3) is 0.480. The third-order valence-corrected chi connectivity index (χ3v) is 5.82. The van der Waals surface area contributed by atoms with Crippen LogP contribution in [-0.4, -0.2) is 48.4 Å². The van der Waals surface area contributed by atoms with Gasteiger partial charge in [-0.15, -0.1) is 0 Å². The van der Waals surface area contributed by atoms with Crippen LogP contribution in [0.25, 0.3) is 0 Å². The summed E-state index contributed by atoms with van der Waals surface area (Å²) in [5.41, 5.74) is 2.13. The van der Waals surface area contributed by atoms with Crippen LogP contribution in [0.3, 0.4) is 0 Å². The first-order chi connectivity index (χ1) is 13.6. The molecule has 0 spiro atoms. The predicted octanol–water partition coefficient (Wildman–Crippen LogP) is 4.79. The molecule has 0 bridgehead atoms. The standard InChI is InChI=1S/C25H34N2O/c1-20(2)18-23(19-27-16-10-11-17-27)26(3)25(28)24(21-12-6-4-7-13-21)22-14-8-5-9-15-22/h4-9,12-15,20,23-24H,10-11,16-19H2,1-3H3. The lowest BCUT2D eigenvalue weighted by atomic mass is 9.89. The van der Waals surface area contributed by atoms with Gasteiger partial charge in [0, 0.05) is 19.6 Å². The van der Waals surface area contributed by atoms with Crippen molar-refractivity contribution < 1.29 is 4.79 Å². The Labute approximate surface area is 170 Å². The van der Waals surface area contributed by atoms with Gasteiger partial charge < -0.3 is 9.80 Å². The normalized spacial score (nSPS) is 15.9. The Morgan fingerprint density at radius 3 is 1.89 bits per heavy atom. The second kappa shape index (κ2) is 9.88.